The monoisotopic (exact) mass is 396 g/mol. The molecule has 0 aliphatic heterocycles. The lowest BCUT2D eigenvalue weighted by atomic mass is 9.83. The molecule has 3 N–H and O–H groups in total. The van der Waals surface area contributed by atoms with E-state index in [9.17, 15) is 14.7 Å². The Morgan fingerprint density at radius 2 is 2.03 bits per heavy atom. The van der Waals surface area contributed by atoms with E-state index in [1.54, 1.807) is 10.8 Å². The fourth-order valence-corrected chi connectivity index (χ4v) is 3.67. The highest BCUT2D eigenvalue weighted by atomic mass is 16.3. The maximum absolute atomic E-state index is 12.5. The number of aliphatic hydroxyl groups is 1. The van der Waals surface area contributed by atoms with Crippen molar-refractivity contribution < 1.29 is 14.7 Å². The largest absolute Gasteiger partial charge is 0.391 e. The Kier molecular flexibility index (Phi) is 6.82. The second-order valence-electron chi connectivity index (χ2n) is 7.57. The van der Waals surface area contributed by atoms with E-state index >= 15 is 0 Å². The van der Waals surface area contributed by atoms with Crippen molar-refractivity contribution in [2.24, 2.45) is 13.0 Å². The molecule has 2 amide bonds. The van der Waals surface area contributed by atoms with Gasteiger partial charge in [-0.3, -0.25) is 14.3 Å². The lowest BCUT2D eigenvalue weighted by Gasteiger charge is -2.32. The van der Waals surface area contributed by atoms with Gasteiger partial charge < -0.3 is 15.7 Å². The number of hydrogen-bond acceptors (Lipinski definition) is 4. The van der Waals surface area contributed by atoms with Gasteiger partial charge in [0.25, 0.3) is 0 Å². The van der Waals surface area contributed by atoms with Crippen LogP contribution in [-0.2, 0) is 23.2 Å². The quantitative estimate of drug-likeness (QED) is 0.648. The summed E-state index contributed by atoms with van der Waals surface area (Å²) in [6.45, 7) is 2.33. The van der Waals surface area contributed by atoms with Gasteiger partial charge in [-0.15, -0.1) is 0 Å². The normalized spacial score (nSPS) is 21.8. The number of carbonyl (C=O) groups is 2. The number of aryl methyl sites for hydroxylation is 2. The second-order valence-corrected chi connectivity index (χ2v) is 7.57. The van der Waals surface area contributed by atoms with Crippen molar-refractivity contribution >= 4 is 17.9 Å². The molecule has 1 aromatic carbocycles. The summed E-state index contributed by atoms with van der Waals surface area (Å²) in [5.74, 6) is -0.566. The predicted octanol–water partition coefficient (Wildman–Crippen LogP) is 1.70. The average molecular weight is 396 g/mol. The number of hydrogen-bond donors (Lipinski definition) is 3. The third kappa shape index (κ3) is 5.77. The zero-order valence-corrected chi connectivity index (χ0v) is 16.8. The van der Waals surface area contributed by atoms with Crippen molar-refractivity contribution in [3.8, 4) is 0 Å². The van der Waals surface area contributed by atoms with E-state index in [-0.39, 0.29) is 23.8 Å². The van der Waals surface area contributed by atoms with Gasteiger partial charge in [-0.2, -0.15) is 5.10 Å². The van der Waals surface area contributed by atoms with Crippen molar-refractivity contribution in [3.63, 3.8) is 0 Å². The van der Waals surface area contributed by atoms with E-state index in [1.165, 1.54) is 6.08 Å². The maximum Gasteiger partial charge on any atom is 0.244 e. The summed E-state index contributed by atoms with van der Waals surface area (Å²) in [5.41, 5.74) is 2.81. The first-order valence-corrected chi connectivity index (χ1v) is 9.91. The molecule has 1 aromatic heterocycles. The minimum Gasteiger partial charge on any atom is -0.391 e. The number of amides is 2. The number of nitrogens with zero attached hydrogens (tertiary/aromatic N) is 2. The molecule has 2 aromatic rings. The van der Waals surface area contributed by atoms with Crippen LogP contribution in [0.15, 0.2) is 42.6 Å². The molecule has 1 aliphatic carbocycles. The predicted molar refractivity (Wildman–Crippen MR) is 111 cm³/mol. The Bertz CT molecular complexity index is 875. The van der Waals surface area contributed by atoms with E-state index in [4.69, 9.17) is 0 Å². The molecule has 3 rings (SSSR count). The van der Waals surface area contributed by atoms with Gasteiger partial charge in [-0.25, -0.2) is 0 Å². The van der Waals surface area contributed by atoms with E-state index in [0.29, 0.717) is 25.8 Å². The Labute approximate surface area is 170 Å². The first-order chi connectivity index (χ1) is 13.9. The van der Waals surface area contributed by atoms with E-state index in [1.807, 2.05) is 50.5 Å². The standard InChI is InChI=1S/C22H28N4O3/c1-15-18(14-26(2)25-15)13-23-22(29)17-9-10-19(20(27)12-17)24-21(28)11-8-16-6-4-3-5-7-16/h3-8,11,14,17,19-20,27H,9-10,12-13H2,1-2H3,(H,23,29)(H,24,28)/b11-8+/t17-,19+,20+/m0/s1. The highest BCUT2D eigenvalue weighted by Gasteiger charge is 2.33. The molecule has 154 valence electrons. The molecule has 29 heavy (non-hydrogen) atoms. The van der Waals surface area contributed by atoms with Crippen molar-refractivity contribution in [1.29, 1.82) is 0 Å². The average Bonchev–Trinajstić information content (AvgIpc) is 3.04. The summed E-state index contributed by atoms with van der Waals surface area (Å²) in [4.78, 5) is 24.6. The SMILES string of the molecule is Cc1nn(C)cc1CNC(=O)[C@H]1CC[C@@H](NC(=O)/C=C/c2ccccc2)[C@H](O)C1. The fourth-order valence-electron chi connectivity index (χ4n) is 3.67. The summed E-state index contributed by atoms with van der Waals surface area (Å²) in [7, 11) is 1.85. The summed E-state index contributed by atoms with van der Waals surface area (Å²) < 4.78 is 1.72. The highest BCUT2D eigenvalue weighted by molar-refractivity contribution is 5.92. The molecule has 3 atom stereocenters. The van der Waals surface area contributed by atoms with E-state index in [2.05, 4.69) is 15.7 Å². The van der Waals surface area contributed by atoms with Crippen LogP contribution in [0.5, 0.6) is 0 Å². The van der Waals surface area contributed by atoms with E-state index in [0.717, 1.165) is 16.8 Å². The van der Waals surface area contributed by atoms with Gasteiger partial charge in [0.1, 0.15) is 0 Å². The minimum atomic E-state index is -0.742. The van der Waals surface area contributed by atoms with Crippen LogP contribution in [0.25, 0.3) is 6.08 Å². The Balaban J connectivity index is 1.45. The van der Waals surface area contributed by atoms with Crippen LogP contribution in [0.1, 0.15) is 36.1 Å². The minimum absolute atomic E-state index is 0.0685. The van der Waals surface area contributed by atoms with Crippen LogP contribution in [0.4, 0.5) is 0 Å². The molecule has 7 heteroatoms. The number of carbonyl (C=O) groups excluding carboxylic acids is 2. The van der Waals surface area contributed by atoms with Crippen molar-refractivity contribution in [1.82, 2.24) is 20.4 Å². The fraction of sp³-hybridized carbons (Fsp3) is 0.409. The van der Waals surface area contributed by atoms with Gasteiger partial charge in [-0.1, -0.05) is 30.3 Å². The van der Waals surface area contributed by atoms with Crippen molar-refractivity contribution in [2.45, 2.75) is 44.9 Å². The molecule has 7 nitrogen and oxygen atoms in total. The Morgan fingerprint density at radius 1 is 1.28 bits per heavy atom. The Morgan fingerprint density at radius 3 is 2.69 bits per heavy atom. The zero-order chi connectivity index (χ0) is 20.8. The molecular formula is C22H28N4O3. The molecule has 1 heterocycles. The van der Waals surface area contributed by atoms with E-state index < -0.39 is 6.10 Å². The smallest absolute Gasteiger partial charge is 0.244 e. The Hall–Kier alpha value is -2.93. The molecule has 1 aliphatic rings. The van der Waals surface area contributed by atoms with Gasteiger partial charge in [-0.05, 0) is 37.8 Å². The third-order valence-electron chi connectivity index (χ3n) is 5.31. The summed E-state index contributed by atoms with van der Waals surface area (Å²) in [5, 5.41) is 20.5. The topological polar surface area (TPSA) is 96.3 Å². The van der Waals surface area contributed by atoms with Gasteiger partial charge in [0.15, 0.2) is 0 Å². The van der Waals surface area contributed by atoms with Gasteiger partial charge in [0.2, 0.25) is 11.8 Å². The number of nitrogens with one attached hydrogen (secondary N) is 2. The molecule has 0 bridgehead atoms. The first-order valence-electron chi connectivity index (χ1n) is 9.91. The number of aliphatic hydroxyl groups excluding tert-OH is 1. The number of benzene rings is 1. The molecule has 1 saturated carbocycles. The molecular weight excluding hydrogens is 368 g/mol. The van der Waals surface area contributed by atoms with Crippen LogP contribution in [0.3, 0.4) is 0 Å². The van der Waals surface area contributed by atoms with Gasteiger partial charge in [0, 0.05) is 37.3 Å². The number of rotatable bonds is 6. The summed E-state index contributed by atoms with van der Waals surface area (Å²) in [6.07, 6.45) is 5.88. The summed E-state index contributed by atoms with van der Waals surface area (Å²) in [6, 6.07) is 9.21. The molecule has 0 saturated heterocycles. The lowest BCUT2D eigenvalue weighted by Crippen LogP contribution is -2.48. The van der Waals surface area contributed by atoms with Crippen LogP contribution in [0, 0.1) is 12.8 Å². The van der Waals surface area contributed by atoms with Gasteiger partial charge >= 0.3 is 0 Å². The van der Waals surface area contributed by atoms with Gasteiger partial charge in [0.05, 0.1) is 17.8 Å². The van der Waals surface area contributed by atoms with Crippen LogP contribution >= 0.6 is 0 Å². The lowest BCUT2D eigenvalue weighted by molar-refractivity contribution is -0.128. The zero-order valence-electron chi connectivity index (χ0n) is 16.8. The first kappa shape index (κ1) is 20.8. The van der Waals surface area contributed by atoms with Crippen molar-refractivity contribution in [2.75, 3.05) is 0 Å². The molecule has 1 fully saturated rings. The molecule has 0 unspecified atom stereocenters. The molecule has 0 radical (unpaired) electrons. The molecule has 0 spiro atoms. The summed E-state index contributed by atoms with van der Waals surface area (Å²) >= 11 is 0. The maximum atomic E-state index is 12.5. The second kappa shape index (κ2) is 9.52. The number of aromatic nitrogens is 2. The highest BCUT2D eigenvalue weighted by Crippen LogP contribution is 2.25. The third-order valence-corrected chi connectivity index (χ3v) is 5.31. The van der Waals surface area contributed by atoms with Crippen LogP contribution in [-0.4, -0.2) is 38.8 Å². The van der Waals surface area contributed by atoms with Crippen LogP contribution in [0.2, 0.25) is 0 Å². The van der Waals surface area contributed by atoms with Crippen LogP contribution < -0.4 is 10.6 Å². The van der Waals surface area contributed by atoms with Crippen molar-refractivity contribution in [3.05, 3.63) is 59.4 Å².